The van der Waals surface area contributed by atoms with Crippen molar-refractivity contribution >= 4 is 0 Å². The van der Waals surface area contributed by atoms with Crippen LogP contribution in [0.4, 0.5) is 0 Å². The molecule has 4 nitrogen and oxygen atoms in total. The molecule has 0 bridgehead atoms. The standard InChI is InChI=1S/C29H42N4/c1-8-28(22(4)23(5)30-19-26-16-12-13-17-26)32-24(6)29(18-21(2)3)33-25(7)31-20-27-14-10-9-11-15-27/h9-16,21,28-33H,4-8,17-20H2,1-3H3/t28?,29-/m0/s1. The number of rotatable bonds is 16. The molecule has 0 aliphatic heterocycles. The first kappa shape index (κ1) is 26.1. The van der Waals surface area contributed by atoms with E-state index in [0.29, 0.717) is 5.92 Å². The van der Waals surface area contributed by atoms with Crippen molar-refractivity contribution in [3.8, 4) is 0 Å². The van der Waals surface area contributed by atoms with Crippen LogP contribution in [0.1, 0.15) is 45.6 Å². The second-order valence-corrected chi connectivity index (χ2v) is 9.09. The minimum absolute atomic E-state index is 0.0542. The highest BCUT2D eigenvalue weighted by Crippen LogP contribution is 2.18. The Hall–Kier alpha value is -3.14. The highest BCUT2D eigenvalue weighted by Gasteiger charge is 2.20. The zero-order valence-corrected chi connectivity index (χ0v) is 20.7. The van der Waals surface area contributed by atoms with Gasteiger partial charge in [0.05, 0.1) is 17.9 Å². The molecule has 1 aromatic carbocycles. The number of allylic oxidation sites excluding steroid dienone is 3. The molecule has 4 N–H and O–H groups in total. The lowest BCUT2D eigenvalue weighted by atomic mass is 9.98. The van der Waals surface area contributed by atoms with E-state index in [1.807, 2.05) is 18.2 Å². The molecule has 0 heterocycles. The first-order valence-corrected chi connectivity index (χ1v) is 11.9. The van der Waals surface area contributed by atoms with Gasteiger partial charge in [0, 0.05) is 24.5 Å². The van der Waals surface area contributed by atoms with Crippen molar-refractivity contribution in [1.82, 2.24) is 21.3 Å². The molecule has 1 aliphatic carbocycles. The predicted molar refractivity (Wildman–Crippen MR) is 143 cm³/mol. The maximum absolute atomic E-state index is 4.37. The van der Waals surface area contributed by atoms with Gasteiger partial charge in [0.1, 0.15) is 0 Å². The van der Waals surface area contributed by atoms with Crippen LogP contribution in [0.2, 0.25) is 0 Å². The number of hydrogen-bond acceptors (Lipinski definition) is 4. The van der Waals surface area contributed by atoms with Gasteiger partial charge in [-0.15, -0.1) is 0 Å². The molecule has 4 heteroatoms. The van der Waals surface area contributed by atoms with Crippen LogP contribution in [0.3, 0.4) is 0 Å². The summed E-state index contributed by atoms with van der Waals surface area (Å²) in [5.41, 5.74) is 5.36. The predicted octanol–water partition coefficient (Wildman–Crippen LogP) is 5.68. The van der Waals surface area contributed by atoms with Gasteiger partial charge in [-0.2, -0.15) is 0 Å². The minimum Gasteiger partial charge on any atom is -0.381 e. The summed E-state index contributed by atoms with van der Waals surface area (Å²) in [6.45, 7) is 25.2. The van der Waals surface area contributed by atoms with Gasteiger partial charge in [0.25, 0.3) is 0 Å². The average molecular weight is 447 g/mol. The largest absolute Gasteiger partial charge is 0.381 e. The Labute approximate surface area is 201 Å². The SMILES string of the molecule is C=C(NCc1ccccc1)N[C@@H](CC(C)C)C(=C)NC(CC)C(=C)C(=C)NCC1=CC=CC1. The molecule has 0 saturated heterocycles. The Kier molecular flexibility index (Phi) is 10.6. The Morgan fingerprint density at radius 2 is 1.67 bits per heavy atom. The van der Waals surface area contributed by atoms with Gasteiger partial charge in [-0.3, -0.25) is 0 Å². The van der Waals surface area contributed by atoms with Crippen LogP contribution in [-0.4, -0.2) is 18.6 Å². The second-order valence-electron chi connectivity index (χ2n) is 9.09. The van der Waals surface area contributed by atoms with Gasteiger partial charge >= 0.3 is 0 Å². The summed E-state index contributed by atoms with van der Waals surface area (Å²) in [6.07, 6.45) is 9.26. The van der Waals surface area contributed by atoms with E-state index in [4.69, 9.17) is 0 Å². The Balaban J connectivity index is 1.91. The summed E-state index contributed by atoms with van der Waals surface area (Å²) in [7, 11) is 0. The average Bonchev–Trinajstić information content (AvgIpc) is 3.32. The van der Waals surface area contributed by atoms with E-state index in [-0.39, 0.29) is 12.1 Å². The molecule has 2 atom stereocenters. The fourth-order valence-corrected chi connectivity index (χ4v) is 3.75. The van der Waals surface area contributed by atoms with Crippen LogP contribution in [0, 0.1) is 5.92 Å². The molecule has 2 rings (SSSR count). The van der Waals surface area contributed by atoms with E-state index in [1.165, 1.54) is 11.1 Å². The van der Waals surface area contributed by atoms with E-state index >= 15 is 0 Å². The Bertz CT molecular complexity index is 876. The fourth-order valence-electron chi connectivity index (χ4n) is 3.75. The molecule has 0 spiro atoms. The van der Waals surface area contributed by atoms with Crippen LogP contribution in [0.15, 0.2) is 103 Å². The third-order valence-electron chi connectivity index (χ3n) is 5.78. The third kappa shape index (κ3) is 9.09. The van der Waals surface area contributed by atoms with Gasteiger partial charge in [-0.1, -0.05) is 95.6 Å². The van der Waals surface area contributed by atoms with E-state index < -0.39 is 0 Å². The number of benzene rings is 1. The molecular weight excluding hydrogens is 404 g/mol. The van der Waals surface area contributed by atoms with Crippen molar-refractivity contribution in [1.29, 1.82) is 0 Å². The highest BCUT2D eigenvalue weighted by molar-refractivity contribution is 5.32. The van der Waals surface area contributed by atoms with E-state index in [9.17, 15) is 0 Å². The van der Waals surface area contributed by atoms with E-state index in [0.717, 1.165) is 55.1 Å². The zero-order valence-electron chi connectivity index (χ0n) is 20.7. The first-order chi connectivity index (χ1) is 15.8. The van der Waals surface area contributed by atoms with Crippen LogP contribution in [0.5, 0.6) is 0 Å². The summed E-state index contributed by atoms with van der Waals surface area (Å²) in [5, 5.41) is 13.9. The van der Waals surface area contributed by atoms with Crippen LogP contribution in [0.25, 0.3) is 0 Å². The lowest BCUT2D eigenvalue weighted by Crippen LogP contribution is -2.43. The van der Waals surface area contributed by atoms with Gasteiger partial charge in [0.2, 0.25) is 0 Å². The summed E-state index contributed by atoms with van der Waals surface area (Å²) >= 11 is 0. The quantitative estimate of drug-likeness (QED) is 0.247. The Morgan fingerprint density at radius 3 is 2.27 bits per heavy atom. The maximum atomic E-state index is 4.37. The molecule has 0 radical (unpaired) electrons. The molecule has 1 aliphatic rings. The fraction of sp³-hybridized carbons (Fsp3) is 0.379. The molecule has 0 saturated carbocycles. The van der Waals surface area contributed by atoms with Crippen LogP contribution < -0.4 is 21.3 Å². The summed E-state index contributed by atoms with van der Waals surface area (Å²) in [6, 6.07) is 10.4. The lowest BCUT2D eigenvalue weighted by molar-refractivity contribution is 0.445. The molecule has 0 fully saturated rings. The van der Waals surface area contributed by atoms with Crippen molar-refractivity contribution in [3.05, 3.63) is 109 Å². The van der Waals surface area contributed by atoms with Gasteiger partial charge in [-0.05, 0) is 41.9 Å². The van der Waals surface area contributed by atoms with Crippen molar-refractivity contribution in [3.63, 3.8) is 0 Å². The van der Waals surface area contributed by atoms with E-state index in [1.54, 1.807) is 0 Å². The topological polar surface area (TPSA) is 48.1 Å². The minimum atomic E-state index is 0.0542. The molecule has 33 heavy (non-hydrogen) atoms. The van der Waals surface area contributed by atoms with Gasteiger partial charge < -0.3 is 21.3 Å². The zero-order chi connectivity index (χ0) is 24.2. The molecule has 0 amide bonds. The first-order valence-electron chi connectivity index (χ1n) is 11.9. The van der Waals surface area contributed by atoms with Gasteiger partial charge in [-0.25, -0.2) is 0 Å². The maximum Gasteiger partial charge on any atom is 0.0920 e. The van der Waals surface area contributed by atoms with E-state index in [2.05, 4.69) is 98.7 Å². The third-order valence-corrected chi connectivity index (χ3v) is 5.78. The number of hydrogen-bond donors (Lipinski definition) is 4. The van der Waals surface area contributed by atoms with Crippen molar-refractivity contribution in [2.75, 3.05) is 6.54 Å². The molecule has 178 valence electrons. The molecule has 1 unspecified atom stereocenters. The summed E-state index contributed by atoms with van der Waals surface area (Å²) in [4.78, 5) is 0. The molecular formula is C29H42N4. The van der Waals surface area contributed by atoms with Crippen molar-refractivity contribution in [2.24, 2.45) is 5.92 Å². The second kappa shape index (κ2) is 13.4. The van der Waals surface area contributed by atoms with Crippen LogP contribution in [-0.2, 0) is 6.54 Å². The van der Waals surface area contributed by atoms with Gasteiger partial charge in [0.15, 0.2) is 0 Å². The molecule has 0 aromatic heterocycles. The summed E-state index contributed by atoms with van der Waals surface area (Å²) in [5.74, 6) is 1.31. The van der Waals surface area contributed by atoms with Crippen molar-refractivity contribution < 1.29 is 0 Å². The van der Waals surface area contributed by atoms with Crippen LogP contribution >= 0.6 is 0 Å². The van der Waals surface area contributed by atoms with Crippen molar-refractivity contribution in [2.45, 2.75) is 58.7 Å². The normalized spacial score (nSPS) is 14.2. The molecule has 1 aromatic rings. The monoisotopic (exact) mass is 446 g/mol. The smallest absolute Gasteiger partial charge is 0.0920 e. The lowest BCUT2D eigenvalue weighted by Gasteiger charge is -2.30. The number of nitrogens with one attached hydrogen (secondary N) is 4. The Morgan fingerprint density at radius 1 is 0.939 bits per heavy atom. The summed E-state index contributed by atoms with van der Waals surface area (Å²) < 4.78 is 0. The highest BCUT2D eigenvalue weighted by atomic mass is 15.1.